The van der Waals surface area contributed by atoms with E-state index in [2.05, 4.69) is 20.8 Å². The molecule has 2 aliphatic carbocycles. The summed E-state index contributed by atoms with van der Waals surface area (Å²) in [7, 11) is 0. The van der Waals surface area contributed by atoms with E-state index < -0.39 is 11.4 Å². The molecule has 0 aromatic carbocycles. The first kappa shape index (κ1) is 21.9. The highest BCUT2D eigenvalue weighted by Gasteiger charge is 2.49. The topological polar surface area (TPSA) is 69.7 Å². The molecule has 0 aromatic rings. The first-order valence-corrected chi connectivity index (χ1v) is 10.7. The summed E-state index contributed by atoms with van der Waals surface area (Å²) >= 11 is 0. The van der Waals surface area contributed by atoms with Crippen LogP contribution in [0.5, 0.6) is 0 Å². The zero-order valence-electron chi connectivity index (χ0n) is 17.4. The SMILES string of the molecule is CCOC(=O)CCC1(C(=O)O[C@@H]2C[C@H](C)CC[C@H]2C(C)C)CCCCC1=O. The van der Waals surface area contributed by atoms with Gasteiger partial charge in [-0.15, -0.1) is 0 Å². The van der Waals surface area contributed by atoms with Crippen LogP contribution in [-0.2, 0) is 23.9 Å². The van der Waals surface area contributed by atoms with Gasteiger partial charge in [0.2, 0.25) is 0 Å². The lowest BCUT2D eigenvalue weighted by Crippen LogP contribution is -2.46. The molecule has 0 N–H and O–H groups in total. The monoisotopic (exact) mass is 380 g/mol. The van der Waals surface area contributed by atoms with Crippen LogP contribution in [-0.4, -0.2) is 30.4 Å². The Morgan fingerprint density at radius 1 is 1.22 bits per heavy atom. The van der Waals surface area contributed by atoms with E-state index in [1.165, 1.54) is 0 Å². The van der Waals surface area contributed by atoms with Crippen molar-refractivity contribution in [1.82, 2.24) is 0 Å². The van der Waals surface area contributed by atoms with Gasteiger partial charge in [0.1, 0.15) is 17.3 Å². The van der Waals surface area contributed by atoms with Gasteiger partial charge in [-0.3, -0.25) is 14.4 Å². The molecule has 0 amide bonds. The number of hydrogen-bond donors (Lipinski definition) is 0. The highest BCUT2D eigenvalue weighted by atomic mass is 16.5. The molecular weight excluding hydrogens is 344 g/mol. The largest absolute Gasteiger partial charge is 0.466 e. The molecule has 0 heterocycles. The standard InChI is InChI=1S/C22H36O5/c1-5-26-20(24)11-13-22(12-7-6-8-19(22)23)21(25)27-18-14-16(4)9-10-17(18)15(2)3/h15-18H,5-14H2,1-4H3/t16-,17+,18-,22?/m1/s1. The molecule has 0 aliphatic heterocycles. The second-order valence-corrected chi connectivity index (χ2v) is 8.79. The molecule has 2 rings (SSSR count). The van der Waals surface area contributed by atoms with Crippen LogP contribution in [0.1, 0.15) is 85.5 Å². The maximum Gasteiger partial charge on any atom is 0.319 e. The van der Waals surface area contributed by atoms with Gasteiger partial charge in [-0.05, 0) is 56.8 Å². The Kier molecular flexibility index (Phi) is 7.87. The summed E-state index contributed by atoms with van der Waals surface area (Å²) in [5.74, 6) is 0.484. The molecule has 27 heavy (non-hydrogen) atoms. The maximum atomic E-state index is 13.2. The van der Waals surface area contributed by atoms with E-state index in [0.717, 1.165) is 32.1 Å². The first-order chi connectivity index (χ1) is 12.8. The molecule has 2 aliphatic rings. The van der Waals surface area contributed by atoms with Crippen molar-refractivity contribution in [2.45, 2.75) is 91.6 Å². The summed E-state index contributed by atoms with van der Waals surface area (Å²) in [5, 5.41) is 0. The van der Waals surface area contributed by atoms with Gasteiger partial charge < -0.3 is 9.47 Å². The molecule has 5 heteroatoms. The lowest BCUT2D eigenvalue weighted by atomic mass is 9.69. The fourth-order valence-corrected chi connectivity index (χ4v) is 4.72. The van der Waals surface area contributed by atoms with Crippen LogP contribution in [0.3, 0.4) is 0 Å². The van der Waals surface area contributed by atoms with E-state index >= 15 is 0 Å². The lowest BCUT2D eigenvalue weighted by molar-refractivity contribution is -0.174. The number of hydrogen-bond acceptors (Lipinski definition) is 5. The van der Waals surface area contributed by atoms with Gasteiger partial charge in [0.05, 0.1) is 6.61 Å². The van der Waals surface area contributed by atoms with Gasteiger partial charge in [-0.25, -0.2) is 0 Å². The van der Waals surface area contributed by atoms with Crippen LogP contribution < -0.4 is 0 Å². The highest BCUT2D eigenvalue weighted by Crippen LogP contribution is 2.42. The molecule has 0 spiro atoms. The Hall–Kier alpha value is -1.39. The molecule has 0 saturated heterocycles. The Balaban J connectivity index is 2.15. The van der Waals surface area contributed by atoms with Crippen LogP contribution in [0.2, 0.25) is 0 Å². The fraction of sp³-hybridized carbons (Fsp3) is 0.864. The molecule has 5 nitrogen and oxygen atoms in total. The Morgan fingerprint density at radius 2 is 1.96 bits per heavy atom. The number of rotatable bonds is 7. The molecule has 2 fully saturated rings. The molecular formula is C22H36O5. The van der Waals surface area contributed by atoms with Crippen molar-refractivity contribution in [3.8, 4) is 0 Å². The first-order valence-electron chi connectivity index (χ1n) is 10.7. The molecule has 4 atom stereocenters. The van der Waals surface area contributed by atoms with Crippen LogP contribution in [0, 0.1) is 23.2 Å². The minimum atomic E-state index is -1.16. The third-order valence-electron chi connectivity index (χ3n) is 6.46. The summed E-state index contributed by atoms with van der Waals surface area (Å²) in [6.45, 7) is 8.59. The van der Waals surface area contributed by atoms with Gasteiger partial charge in [0.15, 0.2) is 0 Å². The fourth-order valence-electron chi connectivity index (χ4n) is 4.72. The van der Waals surface area contributed by atoms with E-state index in [1.54, 1.807) is 6.92 Å². The number of carbonyl (C=O) groups is 3. The quantitative estimate of drug-likeness (QED) is 0.482. The van der Waals surface area contributed by atoms with Crippen molar-refractivity contribution in [3.63, 3.8) is 0 Å². The Bertz CT molecular complexity index is 541. The number of ketones is 1. The normalized spacial score (nSPS) is 31.6. The minimum Gasteiger partial charge on any atom is -0.466 e. The molecule has 154 valence electrons. The highest BCUT2D eigenvalue weighted by molar-refractivity contribution is 6.04. The van der Waals surface area contributed by atoms with Crippen molar-refractivity contribution < 1.29 is 23.9 Å². The summed E-state index contributed by atoms with van der Waals surface area (Å²) < 4.78 is 11.0. The average Bonchev–Trinajstić information content (AvgIpc) is 2.61. The summed E-state index contributed by atoms with van der Waals surface area (Å²) in [5.41, 5.74) is -1.16. The third kappa shape index (κ3) is 5.32. The van der Waals surface area contributed by atoms with Crippen LogP contribution in [0.25, 0.3) is 0 Å². The Labute approximate surface area is 163 Å². The van der Waals surface area contributed by atoms with Crippen LogP contribution >= 0.6 is 0 Å². The second-order valence-electron chi connectivity index (χ2n) is 8.79. The zero-order chi connectivity index (χ0) is 20.0. The van der Waals surface area contributed by atoms with Crippen molar-refractivity contribution in [3.05, 3.63) is 0 Å². The van der Waals surface area contributed by atoms with Crippen LogP contribution in [0.15, 0.2) is 0 Å². The number of ether oxygens (including phenoxy) is 2. The van der Waals surface area contributed by atoms with Gasteiger partial charge in [0, 0.05) is 12.8 Å². The third-order valence-corrected chi connectivity index (χ3v) is 6.46. The van der Waals surface area contributed by atoms with Gasteiger partial charge in [0.25, 0.3) is 0 Å². The van der Waals surface area contributed by atoms with Crippen molar-refractivity contribution in [2.24, 2.45) is 23.2 Å². The van der Waals surface area contributed by atoms with Crippen molar-refractivity contribution in [2.75, 3.05) is 6.61 Å². The predicted molar refractivity (Wildman–Crippen MR) is 103 cm³/mol. The van der Waals surface area contributed by atoms with Gasteiger partial charge in [-0.1, -0.05) is 33.6 Å². The summed E-state index contributed by atoms with van der Waals surface area (Å²) in [4.78, 5) is 37.9. The molecule has 2 saturated carbocycles. The number of Topliss-reactive ketones (excluding diaryl/α,β-unsaturated/α-hetero) is 1. The molecule has 0 radical (unpaired) electrons. The average molecular weight is 381 g/mol. The van der Waals surface area contributed by atoms with E-state index in [9.17, 15) is 14.4 Å². The molecule has 0 bridgehead atoms. The van der Waals surface area contributed by atoms with Crippen LogP contribution in [0.4, 0.5) is 0 Å². The number of esters is 2. The predicted octanol–water partition coefficient (Wildman–Crippen LogP) is 4.46. The summed E-state index contributed by atoms with van der Waals surface area (Å²) in [6, 6.07) is 0. The van der Waals surface area contributed by atoms with Gasteiger partial charge in [-0.2, -0.15) is 0 Å². The van der Waals surface area contributed by atoms with E-state index in [4.69, 9.17) is 9.47 Å². The van der Waals surface area contributed by atoms with Crippen molar-refractivity contribution >= 4 is 17.7 Å². The van der Waals surface area contributed by atoms with E-state index in [1.807, 2.05) is 0 Å². The van der Waals surface area contributed by atoms with Gasteiger partial charge >= 0.3 is 11.9 Å². The molecule has 1 unspecified atom stereocenters. The van der Waals surface area contributed by atoms with E-state index in [0.29, 0.717) is 37.2 Å². The molecule has 0 aromatic heterocycles. The zero-order valence-corrected chi connectivity index (χ0v) is 17.4. The van der Waals surface area contributed by atoms with E-state index in [-0.39, 0.29) is 30.7 Å². The lowest BCUT2D eigenvalue weighted by Gasteiger charge is -2.40. The van der Waals surface area contributed by atoms with Crippen molar-refractivity contribution in [1.29, 1.82) is 0 Å². The maximum absolute atomic E-state index is 13.2. The minimum absolute atomic E-state index is 0.0620. The smallest absolute Gasteiger partial charge is 0.319 e. The Morgan fingerprint density at radius 3 is 2.59 bits per heavy atom. The summed E-state index contributed by atoms with van der Waals surface area (Å²) in [6.07, 6.45) is 5.74. The second kappa shape index (κ2) is 9.70. The number of carbonyl (C=O) groups excluding carboxylic acids is 3.